The lowest BCUT2D eigenvalue weighted by Gasteiger charge is -2.67. The van der Waals surface area contributed by atoms with Crippen LogP contribution < -0.4 is 0 Å². The van der Waals surface area contributed by atoms with E-state index in [1.807, 2.05) is 0 Å². The van der Waals surface area contributed by atoms with Crippen LogP contribution >= 0.6 is 0 Å². The molecule has 0 radical (unpaired) electrons. The quantitative estimate of drug-likeness (QED) is 0.0763. The van der Waals surface area contributed by atoms with Gasteiger partial charge in [-0.15, -0.1) is 0 Å². The number of rotatable bonds is 17. The third-order valence-corrected chi connectivity index (χ3v) is 20.5. The Balaban J connectivity index is 0.974. The number of hydrogen-bond donors (Lipinski definition) is 14. The average molecular weight is 1090 g/mol. The molecule has 0 aromatic heterocycles. The van der Waals surface area contributed by atoms with E-state index in [1.165, 1.54) is 5.57 Å². The molecule has 1 unspecified atom stereocenters. The van der Waals surface area contributed by atoms with Crippen LogP contribution in [0.4, 0.5) is 0 Å². The maximum absolute atomic E-state index is 12.7. The van der Waals surface area contributed by atoms with Crippen molar-refractivity contribution in [3.63, 3.8) is 0 Å². The van der Waals surface area contributed by atoms with Crippen LogP contribution in [0.2, 0.25) is 0 Å². The summed E-state index contributed by atoms with van der Waals surface area (Å²) in [5, 5.41) is 150. The van der Waals surface area contributed by atoms with E-state index in [1.54, 1.807) is 13.8 Å². The van der Waals surface area contributed by atoms with E-state index in [0.29, 0.717) is 32.1 Å². The number of ether oxygens (including phenoxy) is 8. The Morgan fingerprint density at radius 3 is 1.83 bits per heavy atom. The summed E-state index contributed by atoms with van der Waals surface area (Å²) in [6, 6.07) is 0. The van der Waals surface area contributed by atoms with E-state index in [4.69, 9.17) is 37.9 Å². The summed E-state index contributed by atoms with van der Waals surface area (Å²) in [5.41, 5.74) is -1.81. The fourth-order valence-corrected chi connectivity index (χ4v) is 15.6. The lowest BCUT2D eigenvalue weighted by molar-refractivity contribution is -0.367. The van der Waals surface area contributed by atoms with Crippen molar-refractivity contribution in [3.05, 3.63) is 11.6 Å². The Morgan fingerprint density at radius 1 is 0.645 bits per heavy atom. The molecule has 4 heterocycles. The second-order valence-corrected chi connectivity index (χ2v) is 25.7. The first-order valence-corrected chi connectivity index (χ1v) is 27.8. The summed E-state index contributed by atoms with van der Waals surface area (Å²) in [5.74, 6) is 0.405. The molecule has 22 nitrogen and oxygen atoms in total. The minimum Gasteiger partial charge on any atom is -0.394 e. The van der Waals surface area contributed by atoms with Gasteiger partial charge in [0.15, 0.2) is 25.2 Å². The van der Waals surface area contributed by atoms with Crippen molar-refractivity contribution in [3.8, 4) is 0 Å². The highest BCUT2D eigenvalue weighted by molar-refractivity contribution is 5.32. The molecule has 0 aromatic rings. The van der Waals surface area contributed by atoms with Crippen molar-refractivity contribution in [1.82, 2.24) is 0 Å². The van der Waals surface area contributed by atoms with E-state index >= 15 is 0 Å². The van der Waals surface area contributed by atoms with Gasteiger partial charge in [0.1, 0.15) is 61.0 Å². The van der Waals surface area contributed by atoms with Gasteiger partial charge in [-0.3, -0.25) is 0 Å². The van der Waals surface area contributed by atoms with E-state index in [2.05, 4.69) is 47.6 Å². The standard InChI is InChI=1S/C54H92O22/c1-24(27-15-16-52(6)34-12-10-28-29(54(34,8)35(60)19-53(27,52)7)11-14-36(50(28,2)3)74-47-43(66)41(64)39(62)32(21-56)72-47)9-13-37(51(4,5)68)75-49-45(76-48-44(67)42(65)40(63)33(22-57)73-48)31(59)18-26(71-49)23-69-46-38(61)30(58)17-25(20-55)70-46/h10,24-27,29-49,55-68H,9,11-23H2,1-8H3/t24-,25+,26+,27?,29-,30+,31+,32-,33-,34+,35-,36+,37-,38-,39-,40-,41+,42+,43-,44-,45-,46-,47+,48+,49+,52+,53-,54+/m1/s1. The maximum atomic E-state index is 12.7. The summed E-state index contributed by atoms with van der Waals surface area (Å²) in [6.45, 7) is 14.6. The van der Waals surface area contributed by atoms with Crippen LogP contribution in [0.15, 0.2) is 11.6 Å². The maximum Gasteiger partial charge on any atom is 0.187 e. The average Bonchev–Trinajstić information content (AvgIpc) is 3.88. The smallest absolute Gasteiger partial charge is 0.187 e. The van der Waals surface area contributed by atoms with Crippen molar-refractivity contribution in [1.29, 1.82) is 0 Å². The van der Waals surface area contributed by atoms with Crippen molar-refractivity contribution >= 4 is 0 Å². The molecule has 440 valence electrons. The lowest BCUT2D eigenvalue weighted by Crippen LogP contribution is -2.65. The molecule has 7 fully saturated rings. The SMILES string of the molecule is C[C@H](CC[C@@H](O[C@@H]1O[C@H](CO[C@@H]2O[C@H](CO)C[C@H](O)[C@H]2O)C[C@H](O)[C@H]1O[C@@H]1O[C@H](CO)[C@@H](O)[C@H](O)[C@H]1O)C(C)(C)O)C1CC[C@@]2(C)[C@@H]3CC=C4[C@@H](CC[C@H](O[C@@H]5O[C@H](CO)[C@@H](O)[C@H](O)[C@H]5O)C4(C)C)[C@]3(C)[C@H](O)C[C@]12C. The summed E-state index contributed by atoms with van der Waals surface area (Å²) >= 11 is 0. The second kappa shape index (κ2) is 23.3. The molecule has 0 spiro atoms. The summed E-state index contributed by atoms with van der Waals surface area (Å²) < 4.78 is 48.5. The normalized spacial score (nSPS) is 50.5. The molecule has 4 aliphatic carbocycles. The van der Waals surface area contributed by atoms with Crippen LogP contribution in [-0.4, -0.2) is 232 Å². The zero-order chi connectivity index (χ0) is 55.8. The first-order chi connectivity index (χ1) is 35.6. The van der Waals surface area contributed by atoms with Crippen LogP contribution in [0.3, 0.4) is 0 Å². The Bertz CT molecular complexity index is 1950. The molecule has 8 rings (SSSR count). The van der Waals surface area contributed by atoms with Crippen molar-refractivity contribution < 1.29 is 109 Å². The predicted molar refractivity (Wildman–Crippen MR) is 265 cm³/mol. The van der Waals surface area contributed by atoms with Gasteiger partial charge in [-0.2, -0.15) is 0 Å². The number of hydrogen-bond acceptors (Lipinski definition) is 22. The third-order valence-electron chi connectivity index (χ3n) is 20.5. The molecule has 28 atom stereocenters. The molecular formula is C54H92O22. The fourth-order valence-electron chi connectivity index (χ4n) is 15.6. The van der Waals surface area contributed by atoms with Gasteiger partial charge in [0.05, 0.1) is 74.8 Å². The van der Waals surface area contributed by atoms with Crippen LogP contribution in [-0.2, 0) is 37.9 Å². The van der Waals surface area contributed by atoms with Gasteiger partial charge in [0.2, 0.25) is 0 Å². The van der Waals surface area contributed by atoms with Crippen LogP contribution in [0.1, 0.15) is 120 Å². The molecule has 0 bridgehead atoms. The predicted octanol–water partition coefficient (Wildman–Crippen LogP) is -1.17. The number of aliphatic hydroxyl groups is 14. The van der Waals surface area contributed by atoms with Gasteiger partial charge in [-0.05, 0) is 99.7 Å². The van der Waals surface area contributed by atoms with E-state index in [-0.39, 0.29) is 54.0 Å². The number of aliphatic hydroxyl groups excluding tert-OH is 13. The third kappa shape index (κ3) is 11.0. The van der Waals surface area contributed by atoms with Gasteiger partial charge in [-0.1, -0.05) is 53.2 Å². The van der Waals surface area contributed by atoms with Gasteiger partial charge < -0.3 is 109 Å². The number of fused-ring (bicyclic) bond motifs is 5. The summed E-state index contributed by atoms with van der Waals surface area (Å²) in [4.78, 5) is 0. The Morgan fingerprint density at radius 2 is 1.24 bits per heavy atom. The van der Waals surface area contributed by atoms with Crippen molar-refractivity contribution in [2.75, 3.05) is 26.4 Å². The first-order valence-electron chi connectivity index (χ1n) is 27.8. The van der Waals surface area contributed by atoms with Crippen molar-refractivity contribution in [2.24, 2.45) is 45.3 Å². The minimum atomic E-state index is -1.82. The van der Waals surface area contributed by atoms with Gasteiger partial charge in [-0.25, -0.2) is 0 Å². The van der Waals surface area contributed by atoms with Crippen LogP contribution in [0, 0.1) is 45.3 Å². The molecule has 4 aliphatic heterocycles. The van der Waals surface area contributed by atoms with E-state index in [9.17, 15) is 71.5 Å². The number of allylic oxidation sites excluding steroid dienone is 1. The molecule has 76 heavy (non-hydrogen) atoms. The monoisotopic (exact) mass is 1090 g/mol. The highest BCUT2D eigenvalue weighted by Gasteiger charge is 2.70. The van der Waals surface area contributed by atoms with Gasteiger partial charge >= 0.3 is 0 Å². The molecule has 3 saturated carbocycles. The minimum absolute atomic E-state index is 0.0150. The lowest BCUT2D eigenvalue weighted by atomic mass is 9.38. The highest BCUT2D eigenvalue weighted by atomic mass is 16.8. The first kappa shape index (κ1) is 60.9. The van der Waals surface area contributed by atoms with Gasteiger partial charge in [0.25, 0.3) is 0 Å². The topological polar surface area (TPSA) is 357 Å². The van der Waals surface area contributed by atoms with Gasteiger partial charge in [0, 0.05) is 23.7 Å². The van der Waals surface area contributed by atoms with E-state index in [0.717, 1.165) is 19.3 Å². The highest BCUT2D eigenvalue weighted by Crippen LogP contribution is 2.75. The molecular weight excluding hydrogens is 1000 g/mol. The molecule has 14 N–H and O–H groups in total. The molecule has 22 heteroatoms. The van der Waals surface area contributed by atoms with Crippen LogP contribution in [0.5, 0.6) is 0 Å². The zero-order valence-corrected chi connectivity index (χ0v) is 45.4. The Labute approximate surface area is 445 Å². The largest absolute Gasteiger partial charge is 0.394 e. The van der Waals surface area contributed by atoms with E-state index < -0.39 is 165 Å². The molecule has 8 aliphatic rings. The fraction of sp³-hybridized carbons (Fsp3) is 0.963. The summed E-state index contributed by atoms with van der Waals surface area (Å²) in [7, 11) is 0. The Hall–Kier alpha value is -1.14. The molecule has 4 saturated heterocycles. The zero-order valence-electron chi connectivity index (χ0n) is 45.4. The Kier molecular flexibility index (Phi) is 18.6. The van der Waals surface area contributed by atoms with Crippen LogP contribution in [0.25, 0.3) is 0 Å². The molecule has 0 aromatic carbocycles. The molecule has 0 amide bonds. The second-order valence-electron chi connectivity index (χ2n) is 25.7. The van der Waals surface area contributed by atoms with Crippen molar-refractivity contribution in [2.45, 2.75) is 254 Å². The summed E-state index contributed by atoms with van der Waals surface area (Å²) in [6.07, 6.45) is -19.8.